The molecule has 0 aromatic heterocycles. The standard InChI is InChI=1S/C6H9BO2/c1-6(7)2-5(3-8)4-9-6/h3,5H,2,4H2,1H3/t5-,6?/m1/s1. The van der Waals surface area contributed by atoms with Gasteiger partial charge in [0.05, 0.1) is 6.61 Å². The van der Waals surface area contributed by atoms with E-state index in [1.54, 1.807) is 6.92 Å². The third kappa shape index (κ3) is 1.55. The summed E-state index contributed by atoms with van der Waals surface area (Å²) < 4.78 is 5.09. The minimum absolute atomic E-state index is 0.0139. The SMILES string of the molecule is [B]C1(C)C[C@H](C=O)CO1. The summed E-state index contributed by atoms with van der Waals surface area (Å²) in [6.07, 6.45) is 1.55. The lowest BCUT2D eigenvalue weighted by Gasteiger charge is -2.15. The van der Waals surface area contributed by atoms with Gasteiger partial charge in [-0.1, -0.05) is 0 Å². The number of ether oxygens (including phenoxy) is 1. The van der Waals surface area contributed by atoms with Gasteiger partial charge in [0.25, 0.3) is 0 Å². The van der Waals surface area contributed by atoms with Crippen LogP contribution in [0.15, 0.2) is 0 Å². The second-order valence-corrected chi connectivity index (χ2v) is 2.72. The quantitative estimate of drug-likeness (QED) is 0.366. The van der Waals surface area contributed by atoms with Crippen molar-refractivity contribution in [1.82, 2.24) is 0 Å². The molecule has 1 aliphatic rings. The lowest BCUT2D eigenvalue weighted by atomic mass is 9.79. The molecule has 0 aromatic rings. The summed E-state index contributed by atoms with van der Waals surface area (Å²) in [4.78, 5) is 10.2. The number of rotatable bonds is 1. The minimum Gasteiger partial charge on any atom is -0.384 e. The molecule has 2 nitrogen and oxygen atoms in total. The van der Waals surface area contributed by atoms with Gasteiger partial charge in [-0.05, 0) is 13.3 Å². The summed E-state index contributed by atoms with van der Waals surface area (Å²) in [5.41, 5.74) is -0.564. The highest BCUT2D eigenvalue weighted by Crippen LogP contribution is 2.24. The zero-order chi connectivity index (χ0) is 6.91. The molecule has 0 aliphatic carbocycles. The van der Waals surface area contributed by atoms with Crippen LogP contribution in [0.1, 0.15) is 13.3 Å². The fourth-order valence-electron chi connectivity index (χ4n) is 1.02. The Labute approximate surface area is 56.0 Å². The molecular formula is C6H9BO2. The van der Waals surface area contributed by atoms with E-state index in [0.29, 0.717) is 13.0 Å². The van der Waals surface area contributed by atoms with E-state index in [1.807, 2.05) is 0 Å². The van der Waals surface area contributed by atoms with E-state index < -0.39 is 5.50 Å². The highest BCUT2D eigenvalue weighted by atomic mass is 16.5. The Hall–Kier alpha value is -0.305. The van der Waals surface area contributed by atoms with Crippen LogP contribution in [0.4, 0.5) is 0 Å². The van der Waals surface area contributed by atoms with E-state index in [1.165, 1.54) is 0 Å². The molecule has 0 bridgehead atoms. The van der Waals surface area contributed by atoms with Crippen LogP contribution in [0.3, 0.4) is 0 Å². The summed E-state index contributed by atoms with van der Waals surface area (Å²) in [6, 6.07) is 0. The van der Waals surface area contributed by atoms with Crippen molar-refractivity contribution in [2.45, 2.75) is 18.8 Å². The van der Waals surface area contributed by atoms with E-state index in [4.69, 9.17) is 12.6 Å². The van der Waals surface area contributed by atoms with Gasteiger partial charge in [-0.2, -0.15) is 0 Å². The average Bonchev–Trinajstić information content (AvgIpc) is 2.10. The molecule has 2 radical (unpaired) electrons. The van der Waals surface area contributed by atoms with Gasteiger partial charge in [0.1, 0.15) is 14.1 Å². The van der Waals surface area contributed by atoms with Gasteiger partial charge >= 0.3 is 0 Å². The van der Waals surface area contributed by atoms with Gasteiger partial charge in [0, 0.05) is 11.4 Å². The van der Waals surface area contributed by atoms with E-state index in [-0.39, 0.29) is 5.92 Å². The Bertz CT molecular complexity index is 122. The molecule has 0 saturated carbocycles. The van der Waals surface area contributed by atoms with Crippen LogP contribution >= 0.6 is 0 Å². The van der Waals surface area contributed by atoms with Crippen LogP contribution in [-0.4, -0.2) is 26.2 Å². The molecule has 1 heterocycles. The van der Waals surface area contributed by atoms with Gasteiger partial charge < -0.3 is 9.53 Å². The maximum Gasteiger partial charge on any atom is 0.125 e. The number of carbonyl (C=O) groups excluding carboxylic acids is 1. The normalized spacial score (nSPS) is 43.0. The molecule has 1 fully saturated rings. The van der Waals surface area contributed by atoms with Gasteiger partial charge in [-0.15, -0.1) is 0 Å². The minimum atomic E-state index is -0.564. The molecule has 9 heavy (non-hydrogen) atoms. The summed E-state index contributed by atoms with van der Waals surface area (Å²) in [5.74, 6) is 0.0139. The maximum absolute atomic E-state index is 10.2. The van der Waals surface area contributed by atoms with Crippen molar-refractivity contribution >= 4 is 14.1 Å². The summed E-state index contributed by atoms with van der Waals surface area (Å²) >= 11 is 0. The predicted octanol–water partition coefficient (Wildman–Crippen LogP) is 0.106. The fraction of sp³-hybridized carbons (Fsp3) is 0.833. The fourth-order valence-corrected chi connectivity index (χ4v) is 1.02. The first-order valence-corrected chi connectivity index (χ1v) is 3.02. The van der Waals surface area contributed by atoms with E-state index in [0.717, 1.165) is 6.29 Å². The van der Waals surface area contributed by atoms with Crippen LogP contribution < -0.4 is 0 Å². The molecule has 0 spiro atoms. The summed E-state index contributed by atoms with van der Waals surface area (Å²) in [7, 11) is 5.56. The monoisotopic (exact) mass is 124 g/mol. The lowest BCUT2D eigenvalue weighted by molar-refractivity contribution is -0.111. The highest BCUT2D eigenvalue weighted by Gasteiger charge is 2.30. The first-order valence-electron chi connectivity index (χ1n) is 3.02. The molecule has 2 atom stereocenters. The van der Waals surface area contributed by atoms with Crippen molar-refractivity contribution in [3.05, 3.63) is 0 Å². The van der Waals surface area contributed by atoms with E-state index in [2.05, 4.69) is 0 Å². The second kappa shape index (κ2) is 2.14. The molecule has 48 valence electrons. The van der Waals surface area contributed by atoms with Crippen molar-refractivity contribution in [2.75, 3.05) is 6.61 Å². The van der Waals surface area contributed by atoms with Crippen molar-refractivity contribution in [2.24, 2.45) is 5.92 Å². The lowest BCUT2D eigenvalue weighted by Crippen LogP contribution is -2.22. The first-order chi connectivity index (χ1) is 4.14. The zero-order valence-electron chi connectivity index (χ0n) is 5.46. The van der Waals surface area contributed by atoms with E-state index >= 15 is 0 Å². The molecular weight excluding hydrogens is 115 g/mol. The topological polar surface area (TPSA) is 26.3 Å². The Morgan fingerprint density at radius 1 is 1.89 bits per heavy atom. The molecule has 0 aromatic carbocycles. The molecule has 1 aliphatic heterocycles. The smallest absolute Gasteiger partial charge is 0.125 e. The number of aldehydes is 1. The second-order valence-electron chi connectivity index (χ2n) is 2.72. The van der Waals surface area contributed by atoms with Gasteiger partial charge in [-0.3, -0.25) is 0 Å². The summed E-state index contributed by atoms with van der Waals surface area (Å²) in [5, 5.41) is 0. The molecule has 1 unspecified atom stereocenters. The van der Waals surface area contributed by atoms with Crippen molar-refractivity contribution in [3.63, 3.8) is 0 Å². The highest BCUT2D eigenvalue weighted by molar-refractivity contribution is 6.14. The Balaban J connectivity index is 2.47. The maximum atomic E-state index is 10.2. The molecule has 1 rings (SSSR count). The Morgan fingerprint density at radius 2 is 2.56 bits per heavy atom. The van der Waals surface area contributed by atoms with Crippen LogP contribution in [0, 0.1) is 5.92 Å². The third-order valence-corrected chi connectivity index (χ3v) is 1.49. The van der Waals surface area contributed by atoms with Gasteiger partial charge in [0.15, 0.2) is 0 Å². The summed E-state index contributed by atoms with van der Waals surface area (Å²) in [6.45, 7) is 2.27. The first kappa shape index (κ1) is 6.81. The molecule has 1 saturated heterocycles. The average molecular weight is 124 g/mol. The van der Waals surface area contributed by atoms with Gasteiger partial charge in [-0.25, -0.2) is 0 Å². The number of carbonyl (C=O) groups is 1. The Morgan fingerprint density at radius 3 is 2.78 bits per heavy atom. The predicted molar refractivity (Wildman–Crippen MR) is 34.3 cm³/mol. The largest absolute Gasteiger partial charge is 0.384 e. The van der Waals surface area contributed by atoms with Crippen LogP contribution in [0.25, 0.3) is 0 Å². The molecule has 0 amide bonds. The Kier molecular flexibility index (Phi) is 1.62. The molecule has 3 heteroatoms. The van der Waals surface area contributed by atoms with Crippen LogP contribution in [-0.2, 0) is 9.53 Å². The van der Waals surface area contributed by atoms with Gasteiger partial charge in [0.2, 0.25) is 0 Å². The van der Waals surface area contributed by atoms with E-state index in [9.17, 15) is 4.79 Å². The van der Waals surface area contributed by atoms with Crippen molar-refractivity contribution in [3.8, 4) is 0 Å². The molecule has 0 N–H and O–H groups in total. The van der Waals surface area contributed by atoms with Crippen molar-refractivity contribution in [1.29, 1.82) is 0 Å². The third-order valence-electron chi connectivity index (χ3n) is 1.49. The number of hydrogen-bond donors (Lipinski definition) is 0. The van der Waals surface area contributed by atoms with Crippen molar-refractivity contribution < 1.29 is 9.53 Å². The number of hydrogen-bond acceptors (Lipinski definition) is 2. The van der Waals surface area contributed by atoms with Crippen LogP contribution in [0.5, 0.6) is 0 Å². The zero-order valence-corrected chi connectivity index (χ0v) is 5.46. The van der Waals surface area contributed by atoms with Crippen LogP contribution in [0.2, 0.25) is 0 Å².